The summed E-state index contributed by atoms with van der Waals surface area (Å²) in [6, 6.07) is 2.64. The van der Waals surface area contributed by atoms with Gasteiger partial charge >= 0.3 is 0 Å². The number of hydrogen-bond acceptors (Lipinski definition) is 4. The molecule has 0 saturated carbocycles. The van der Waals surface area contributed by atoms with Crippen LogP contribution in [0.5, 0.6) is 11.5 Å². The Morgan fingerprint density at radius 1 is 1.21 bits per heavy atom. The number of phenols is 2. The van der Waals surface area contributed by atoms with E-state index in [1.54, 1.807) is 6.08 Å². The lowest BCUT2D eigenvalue weighted by Crippen LogP contribution is -2.22. The number of carbonyl (C=O) groups is 1. The molecule has 0 amide bonds. The van der Waals surface area contributed by atoms with Crippen molar-refractivity contribution in [1.82, 2.24) is 0 Å². The molecule has 0 fully saturated rings. The number of phenolic OH excluding ortho intramolecular Hbond substituents is 2. The van der Waals surface area contributed by atoms with E-state index in [-0.39, 0.29) is 34.5 Å². The second-order valence-corrected chi connectivity index (χ2v) is 5.22. The molecule has 0 aromatic heterocycles. The van der Waals surface area contributed by atoms with Gasteiger partial charge in [0, 0.05) is 6.07 Å². The number of fused-ring (bicyclic) bond motifs is 1. The van der Waals surface area contributed by atoms with E-state index in [0.717, 1.165) is 11.6 Å². The van der Waals surface area contributed by atoms with Crippen molar-refractivity contribution in [3.05, 3.63) is 46.2 Å². The van der Waals surface area contributed by atoms with E-state index in [9.17, 15) is 20.1 Å². The summed E-state index contributed by atoms with van der Waals surface area (Å²) >= 11 is 0. The Balaban J connectivity index is 2.18. The molecular formula is C15H14O4. The Kier molecular flexibility index (Phi) is 2.42. The third-order valence-electron chi connectivity index (χ3n) is 3.66. The average molecular weight is 258 g/mol. The van der Waals surface area contributed by atoms with Crippen molar-refractivity contribution in [2.75, 3.05) is 0 Å². The first kappa shape index (κ1) is 11.8. The standard InChI is InChI=1S/C15H14O4/c1-7-2-8-4-9-5-10(16)6-12(18)14(9)15(19)13(8)11(17)3-7/h3,5-7,16-18H,2,4H2,1H3. The summed E-state index contributed by atoms with van der Waals surface area (Å²) in [6.07, 6.45) is 2.85. The zero-order valence-corrected chi connectivity index (χ0v) is 10.5. The van der Waals surface area contributed by atoms with Gasteiger partial charge in [-0.1, -0.05) is 12.5 Å². The van der Waals surface area contributed by atoms with Crippen LogP contribution in [0, 0.1) is 5.92 Å². The highest BCUT2D eigenvalue weighted by atomic mass is 16.3. The van der Waals surface area contributed by atoms with Gasteiger partial charge < -0.3 is 15.3 Å². The number of aliphatic hydroxyl groups excluding tert-OH is 1. The summed E-state index contributed by atoms with van der Waals surface area (Å²) in [5.41, 5.74) is 1.98. The molecule has 0 spiro atoms. The van der Waals surface area contributed by atoms with Gasteiger partial charge in [-0.25, -0.2) is 0 Å². The number of Topliss-reactive ketones (excluding diaryl/α,β-unsaturated/α-hetero) is 1. The zero-order valence-electron chi connectivity index (χ0n) is 10.5. The number of rotatable bonds is 0. The summed E-state index contributed by atoms with van der Waals surface area (Å²) < 4.78 is 0. The van der Waals surface area contributed by atoms with E-state index in [1.165, 1.54) is 6.07 Å². The monoisotopic (exact) mass is 258 g/mol. The van der Waals surface area contributed by atoms with Gasteiger partial charge in [0.1, 0.15) is 17.3 Å². The van der Waals surface area contributed by atoms with Crippen molar-refractivity contribution in [2.24, 2.45) is 5.92 Å². The van der Waals surface area contributed by atoms with E-state index in [2.05, 4.69) is 0 Å². The Labute approximate surface area is 110 Å². The van der Waals surface area contributed by atoms with Gasteiger partial charge in [0.2, 0.25) is 5.78 Å². The Hall–Kier alpha value is -2.23. The molecule has 19 heavy (non-hydrogen) atoms. The molecule has 0 bridgehead atoms. The number of ketones is 1. The largest absolute Gasteiger partial charge is 0.508 e. The molecule has 4 nitrogen and oxygen atoms in total. The molecule has 1 aromatic carbocycles. The van der Waals surface area contributed by atoms with Gasteiger partial charge in [0.25, 0.3) is 0 Å². The second kappa shape index (κ2) is 3.88. The van der Waals surface area contributed by atoms with Crippen LogP contribution in [0.15, 0.2) is 35.1 Å². The highest BCUT2D eigenvalue weighted by molar-refractivity contribution is 6.15. The first-order valence-electron chi connectivity index (χ1n) is 6.20. The predicted molar refractivity (Wildman–Crippen MR) is 69.3 cm³/mol. The summed E-state index contributed by atoms with van der Waals surface area (Å²) in [6.45, 7) is 1.97. The summed E-state index contributed by atoms with van der Waals surface area (Å²) in [5, 5.41) is 29.3. The lowest BCUT2D eigenvalue weighted by molar-refractivity contribution is 0.102. The number of hydrogen-bond donors (Lipinski definition) is 3. The summed E-state index contributed by atoms with van der Waals surface area (Å²) in [7, 11) is 0. The van der Waals surface area contributed by atoms with Crippen LogP contribution in [0.25, 0.3) is 0 Å². The van der Waals surface area contributed by atoms with E-state index < -0.39 is 0 Å². The van der Waals surface area contributed by atoms with Crippen molar-refractivity contribution in [3.8, 4) is 11.5 Å². The molecule has 3 N–H and O–H groups in total. The van der Waals surface area contributed by atoms with Crippen molar-refractivity contribution in [2.45, 2.75) is 19.8 Å². The van der Waals surface area contributed by atoms with Gasteiger partial charge in [-0.2, -0.15) is 0 Å². The van der Waals surface area contributed by atoms with Crippen molar-refractivity contribution >= 4 is 5.78 Å². The lowest BCUT2D eigenvalue weighted by Gasteiger charge is -2.27. The van der Waals surface area contributed by atoms with E-state index in [4.69, 9.17) is 0 Å². The molecule has 98 valence electrons. The van der Waals surface area contributed by atoms with Gasteiger partial charge in [-0.15, -0.1) is 0 Å². The van der Waals surface area contributed by atoms with Crippen LogP contribution in [0.2, 0.25) is 0 Å². The van der Waals surface area contributed by atoms with Gasteiger partial charge in [-0.05, 0) is 36.5 Å². The maximum atomic E-state index is 12.4. The fourth-order valence-corrected chi connectivity index (χ4v) is 2.95. The zero-order chi connectivity index (χ0) is 13.7. The SMILES string of the molecule is CC1C=C(O)C2=C(Cc3cc(O)cc(O)c3C2=O)C1. The van der Waals surface area contributed by atoms with Crippen LogP contribution >= 0.6 is 0 Å². The molecule has 2 aliphatic rings. The Bertz CT molecular complexity index is 652. The first-order chi connectivity index (χ1) is 8.97. The third-order valence-corrected chi connectivity index (χ3v) is 3.66. The molecule has 3 rings (SSSR count). The maximum absolute atomic E-state index is 12.4. The highest BCUT2D eigenvalue weighted by Crippen LogP contribution is 2.40. The molecule has 1 atom stereocenters. The number of allylic oxidation sites excluding steroid dienone is 3. The maximum Gasteiger partial charge on any atom is 0.200 e. The topological polar surface area (TPSA) is 77.8 Å². The van der Waals surface area contributed by atoms with Crippen LogP contribution in [0.4, 0.5) is 0 Å². The average Bonchev–Trinajstić information content (AvgIpc) is 2.25. The van der Waals surface area contributed by atoms with Crippen LogP contribution < -0.4 is 0 Å². The highest BCUT2D eigenvalue weighted by Gasteiger charge is 2.33. The molecule has 1 unspecified atom stereocenters. The van der Waals surface area contributed by atoms with Crippen LogP contribution in [-0.2, 0) is 6.42 Å². The lowest BCUT2D eigenvalue weighted by atomic mass is 9.77. The van der Waals surface area contributed by atoms with Gasteiger partial charge in [-0.3, -0.25) is 4.79 Å². The third kappa shape index (κ3) is 1.71. The van der Waals surface area contributed by atoms with Crippen LogP contribution in [0.1, 0.15) is 29.3 Å². The molecule has 4 heteroatoms. The molecule has 0 radical (unpaired) electrons. The molecule has 0 heterocycles. The number of benzene rings is 1. The minimum absolute atomic E-state index is 0.00289. The van der Waals surface area contributed by atoms with Gasteiger partial charge in [0.15, 0.2) is 0 Å². The van der Waals surface area contributed by atoms with Crippen LogP contribution in [-0.4, -0.2) is 21.1 Å². The summed E-state index contributed by atoms with van der Waals surface area (Å²) in [4.78, 5) is 12.4. The van der Waals surface area contributed by atoms with E-state index in [1.807, 2.05) is 6.92 Å². The molecule has 2 aliphatic carbocycles. The molecule has 0 aliphatic heterocycles. The fraction of sp³-hybridized carbons (Fsp3) is 0.267. The minimum Gasteiger partial charge on any atom is -0.508 e. The van der Waals surface area contributed by atoms with Crippen LogP contribution in [0.3, 0.4) is 0 Å². The van der Waals surface area contributed by atoms with Crippen molar-refractivity contribution < 1.29 is 20.1 Å². The fourth-order valence-electron chi connectivity index (χ4n) is 2.95. The molecular weight excluding hydrogens is 244 g/mol. The Morgan fingerprint density at radius 2 is 1.95 bits per heavy atom. The molecule has 0 saturated heterocycles. The smallest absolute Gasteiger partial charge is 0.200 e. The number of aromatic hydroxyl groups is 2. The van der Waals surface area contributed by atoms with Crippen molar-refractivity contribution in [1.29, 1.82) is 0 Å². The van der Waals surface area contributed by atoms with Gasteiger partial charge in [0.05, 0.1) is 11.1 Å². The predicted octanol–water partition coefficient (Wildman–Crippen LogP) is 2.61. The summed E-state index contributed by atoms with van der Waals surface area (Å²) in [5.74, 6) is -0.486. The Morgan fingerprint density at radius 3 is 2.68 bits per heavy atom. The van der Waals surface area contributed by atoms with E-state index in [0.29, 0.717) is 24.0 Å². The quantitative estimate of drug-likeness (QED) is 0.668. The first-order valence-corrected chi connectivity index (χ1v) is 6.20. The van der Waals surface area contributed by atoms with Crippen molar-refractivity contribution in [3.63, 3.8) is 0 Å². The minimum atomic E-state index is -0.366. The number of aliphatic hydroxyl groups is 1. The van der Waals surface area contributed by atoms with E-state index >= 15 is 0 Å². The normalized spacial score (nSPS) is 21.8. The second-order valence-electron chi connectivity index (χ2n) is 5.22. The molecule has 1 aromatic rings. The number of carbonyl (C=O) groups excluding carboxylic acids is 1.